The maximum atomic E-state index is 12.5. The highest BCUT2D eigenvalue weighted by Crippen LogP contribution is 2.20. The van der Waals surface area contributed by atoms with Crippen LogP contribution in [0.1, 0.15) is 44.6 Å². The van der Waals surface area contributed by atoms with Crippen molar-refractivity contribution < 1.29 is 14.3 Å². The SMILES string of the molecule is CCOC(=O)c1ccc(NC(=O)c2ccc(CSc3nc(C)cc(C)n3)cc2)cc1. The highest BCUT2D eigenvalue weighted by atomic mass is 32.2. The van der Waals surface area contributed by atoms with Gasteiger partial charge in [-0.15, -0.1) is 0 Å². The van der Waals surface area contributed by atoms with E-state index in [9.17, 15) is 9.59 Å². The van der Waals surface area contributed by atoms with Crippen molar-refractivity contribution in [2.45, 2.75) is 31.7 Å². The number of esters is 1. The summed E-state index contributed by atoms with van der Waals surface area (Å²) >= 11 is 1.57. The number of amides is 1. The van der Waals surface area contributed by atoms with Crippen LogP contribution in [0.3, 0.4) is 0 Å². The van der Waals surface area contributed by atoms with Gasteiger partial charge in [0, 0.05) is 28.4 Å². The number of hydrogen-bond donors (Lipinski definition) is 1. The van der Waals surface area contributed by atoms with Crippen LogP contribution >= 0.6 is 11.8 Å². The monoisotopic (exact) mass is 421 g/mol. The van der Waals surface area contributed by atoms with Gasteiger partial charge in [0.1, 0.15) is 0 Å². The lowest BCUT2D eigenvalue weighted by Crippen LogP contribution is -2.12. The van der Waals surface area contributed by atoms with Crippen LogP contribution < -0.4 is 5.32 Å². The topological polar surface area (TPSA) is 81.2 Å². The fourth-order valence-electron chi connectivity index (χ4n) is 2.77. The van der Waals surface area contributed by atoms with Crippen LogP contribution in [0, 0.1) is 13.8 Å². The molecule has 2 aromatic carbocycles. The molecule has 0 unspecified atom stereocenters. The minimum absolute atomic E-state index is 0.212. The lowest BCUT2D eigenvalue weighted by molar-refractivity contribution is 0.0526. The number of hydrogen-bond acceptors (Lipinski definition) is 6. The number of benzene rings is 2. The van der Waals surface area contributed by atoms with Gasteiger partial charge in [-0.3, -0.25) is 4.79 Å². The molecule has 154 valence electrons. The second kappa shape index (κ2) is 10.0. The number of rotatable bonds is 7. The first-order valence-corrected chi connectivity index (χ1v) is 10.6. The Morgan fingerprint density at radius 1 is 0.933 bits per heavy atom. The average Bonchev–Trinajstić information content (AvgIpc) is 2.72. The Labute approximate surface area is 180 Å². The van der Waals surface area contributed by atoms with E-state index in [-0.39, 0.29) is 11.9 Å². The molecular formula is C23H23N3O3S. The molecule has 30 heavy (non-hydrogen) atoms. The minimum atomic E-state index is -0.380. The molecule has 3 rings (SSSR count). The Morgan fingerprint density at radius 2 is 1.53 bits per heavy atom. The first-order valence-electron chi connectivity index (χ1n) is 9.57. The summed E-state index contributed by atoms with van der Waals surface area (Å²) in [5.74, 6) is 0.130. The molecule has 7 heteroatoms. The number of aryl methyl sites for hydroxylation is 2. The normalized spacial score (nSPS) is 10.5. The number of aromatic nitrogens is 2. The van der Waals surface area contributed by atoms with E-state index in [1.807, 2.05) is 32.0 Å². The number of anilines is 1. The zero-order valence-corrected chi connectivity index (χ0v) is 18.0. The number of thioether (sulfide) groups is 1. The van der Waals surface area contributed by atoms with Gasteiger partial charge in [-0.25, -0.2) is 14.8 Å². The Bertz CT molecular complexity index is 1010. The molecule has 1 aromatic heterocycles. The zero-order valence-electron chi connectivity index (χ0n) is 17.1. The third-order valence-electron chi connectivity index (χ3n) is 4.20. The molecule has 0 fully saturated rings. The van der Waals surface area contributed by atoms with E-state index in [0.717, 1.165) is 27.9 Å². The molecule has 0 aliphatic heterocycles. The summed E-state index contributed by atoms with van der Waals surface area (Å²) in [7, 11) is 0. The van der Waals surface area contributed by atoms with Gasteiger partial charge in [0.2, 0.25) is 0 Å². The van der Waals surface area contributed by atoms with Crippen molar-refractivity contribution in [1.29, 1.82) is 0 Å². The fraction of sp³-hybridized carbons (Fsp3) is 0.217. The molecule has 0 radical (unpaired) electrons. The van der Waals surface area contributed by atoms with E-state index in [1.165, 1.54) is 0 Å². The first-order chi connectivity index (χ1) is 14.4. The van der Waals surface area contributed by atoms with E-state index >= 15 is 0 Å². The molecule has 3 aromatic rings. The summed E-state index contributed by atoms with van der Waals surface area (Å²) in [6.45, 7) is 5.99. The Kier molecular flexibility index (Phi) is 7.19. The van der Waals surface area contributed by atoms with Crippen molar-refractivity contribution in [2.75, 3.05) is 11.9 Å². The van der Waals surface area contributed by atoms with Gasteiger partial charge in [0.15, 0.2) is 5.16 Å². The van der Waals surface area contributed by atoms with E-state index in [1.54, 1.807) is 55.1 Å². The number of nitrogens with zero attached hydrogens (tertiary/aromatic N) is 2. The third kappa shape index (κ3) is 5.90. The van der Waals surface area contributed by atoms with E-state index in [4.69, 9.17) is 4.74 Å². The van der Waals surface area contributed by atoms with Crippen molar-refractivity contribution in [3.05, 3.63) is 82.7 Å². The molecule has 0 atom stereocenters. The lowest BCUT2D eigenvalue weighted by atomic mass is 10.1. The van der Waals surface area contributed by atoms with E-state index < -0.39 is 0 Å². The Hall–Kier alpha value is -3.19. The smallest absolute Gasteiger partial charge is 0.338 e. The molecule has 0 saturated heterocycles. The second-order valence-corrected chi connectivity index (χ2v) is 7.61. The van der Waals surface area contributed by atoms with Gasteiger partial charge in [-0.1, -0.05) is 23.9 Å². The summed E-state index contributed by atoms with van der Waals surface area (Å²) in [4.78, 5) is 33.0. The molecule has 6 nitrogen and oxygen atoms in total. The van der Waals surface area contributed by atoms with Crippen LogP contribution in [0.15, 0.2) is 59.8 Å². The van der Waals surface area contributed by atoms with Gasteiger partial charge >= 0.3 is 5.97 Å². The van der Waals surface area contributed by atoms with Crippen LogP contribution in [0.25, 0.3) is 0 Å². The highest BCUT2D eigenvalue weighted by molar-refractivity contribution is 7.98. The number of carbonyl (C=O) groups excluding carboxylic acids is 2. The molecule has 1 heterocycles. The second-order valence-electron chi connectivity index (χ2n) is 6.67. The maximum absolute atomic E-state index is 12.5. The van der Waals surface area contributed by atoms with E-state index in [2.05, 4.69) is 15.3 Å². The van der Waals surface area contributed by atoms with Gasteiger partial charge in [0.25, 0.3) is 5.91 Å². The first kappa shape index (κ1) is 21.5. The minimum Gasteiger partial charge on any atom is -0.462 e. The fourth-order valence-corrected chi connectivity index (χ4v) is 3.67. The Balaban J connectivity index is 1.57. The van der Waals surface area contributed by atoms with Gasteiger partial charge in [0.05, 0.1) is 12.2 Å². The number of carbonyl (C=O) groups is 2. The summed E-state index contributed by atoms with van der Waals surface area (Å²) in [6.07, 6.45) is 0. The summed E-state index contributed by atoms with van der Waals surface area (Å²) in [6, 6.07) is 16.0. The maximum Gasteiger partial charge on any atom is 0.338 e. The van der Waals surface area contributed by atoms with Crippen molar-refractivity contribution in [2.24, 2.45) is 0 Å². The molecular weight excluding hydrogens is 398 g/mol. The van der Waals surface area contributed by atoms with E-state index in [0.29, 0.717) is 23.4 Å². The largest absolute Gasteiger partial charge is 0.462 e. The molecule has 1 N–H and O–H groups in total. The number of nitrogens with one attached hydrogen (secondary N) is 1. The quantitative estimate of drug-likeness (QED) is 0.335. The van der Waals surface area contributed by atoms with Crippen LogP contribution in [0.4, 0.5) is 5.69 Å². The van der Waals surface area contributed by atoms with Gasteiger partial charge in [-0.2, -0.15) is 0 Å². The van der Waals surface area contributed by atoms with Crippen LogP contribution in [0.2, 0.25) is 0 Å². The molecule has 1 amide bonds. The zero-order chi connectivity index (χ0) is 21.5. The standard InChI is InChI=1S/C23H23N3O3S/c1-4-29-22(28)19-9-11-20(12-10-19)26-21(27)18-7-5-17(6-8-18)14-30-23-24-15(2)13-16(3)25-23/h5-13H,4,14H2,1-3H3,(H,26,27). The van der Waals surface area contributed by atoms with Crippen LogP contribution in [0.5, 0.6) is 0 Å². The summed E-state index contributed by atoms with van der Waals surface area (Å²) < 4.78 is 4.95. The molecule has 0 saturated carbocycles. The molecule has 0 aliphatic carbocycles. The van der Waals surface area contributed by atoms with Gasteiger partial charge in [-0.05, 0) is 68.8 Å². The summed E-state index contributed by atoms with van der Waals surface area (Å²) in [5, 5.41) is 3.58. The van der Waals surface area contributed by atoms with Crippen molar-refractivity contribution in [3.63, 3.8) is 0 Å². The third-order valence-corrected chi connectivity index (χ3v) is 5.12. The van der Waals surface area contributed by atoms with Crippen molar-refractivity contribution in [1.82, 2.24) is 9.97 Å². The average molecular weight is 422 g/mol. The summed E-state index contributed by atoms with van der Waals surface area (Å²) in [5.41, 5.74) is 4.60. The van der Waals surface area contributed by atoms with Crippen LogP contribution in [-0.4, -0.2) is 28.5 Å². The van der Waals surface area contributed by atoms with Gasteiger partial charge < -0.3 is 10.1 Å². The van der Waals surface area contributed by atoms with Crippen molar-refractivity contribution >= 4 is 29.3 Å². The lowest BCUT2D eigenvalue weighted by Gasteiger charge is -2.08. The highest BCUT2D eigenvalue weighted by Gasteiger charge is 2.09. The predicted octanol–water partition coefficient (Wildman–Crippen LogP) is 4.81. The molecule has 0 spiro atoms. The Morgan fingerprint density at radius 3 is 2.13 bits per heavy atom. The van der Waals surface area contributed by atoms with Crippen LogP contribution in [-0.2, 0) is 10.5 Å². The predicted molar refractivity (Wildman–Crippen MR) is 118 cm³/mol. The number of ether oxygens (including phenoxy) is 1. The molecule has 0 aliphatic rings. The van der Waals surface area contributed by atoms with Crippen molar-refractivity contribution in [3.8, 4) is 0 Å². The molecule has 0 bridgehead atoms.